The van der Waals surface area contributed by atoms with Crippen LogP contribution in [0, 0.1) is 28.6 Å². The Morgan fingerprint density at radius 2 is 1.67 bits per heavy atom. The van der Waals surface area contributed by atoms with E-state index in [1.807, 2.05) is 65.2 Å². The zero-order valence-corrected chi connectivity index (χ0v) is 21.8. The van der Waals surface area contributed by atoms with Crippen LogP contribution in [-0.4, -0.2) is 45.5 Å². The Morgan fingerprint density at radius 3 is 2.38 bits per heavy atom. The zero-order valence-electron chi connectivity index (χ0n) is 21.8. The van der Waals surface area contributed by atoms with Crippen molar-refractivity contribution in [3.05, 3.63) is 96.8 Å². The molecule has 0 amide bonds. The van der Waals surface area contributed by atoms with E-state index in [0.29, 0.717) is 30.5 Å². The van der Waals surface area contributed by atoms with Gasteiger partial charge in [-0.1, -0.05) is 66.7 Å². The van der Waals surface area contributed by atoms with Crippen molar-refractivity contribution in [2.75, 3.05) is 26.2 Å². The lowest BCUT2D eigenvalue weighted by atomic mass is 9.99. The van der Waals surface area contributed by atoms with Crippen molar-refractivity contribution in [3.63, 3.8) is 0 Å². The standard InChI is InChI=1S/C32H30N6O/c33-17-9-20-37-19-8-10-26(23-37)24-39-32-36-30(28-15-13-25(22-34)14-16-28)29(31-35-18-21-38(31)32)27-11-6-4-2-1-3-5-7-12-27/h1-7,11-16,18,21,26H,8-10,19-20,23-24H2. The largest absolute Gasteiger partial charge is 0.464 e. The Balaban J connectivity index is 1.57. The molecule has 4 aromatic rings. The number of ether oxygens (including phenoxy) is 1. The topological polar surface area (TPSA) is 90.2 Å². The summed E-state index contributed by atoms with van der Waals surface area (Å²) in [6.07, 6.45) is 6.38. The summed E-state index contributed by atoms with van der Waals surface area (Å²) in [7, 11) is 0. The van der Waals surface area contributed by atoms with Gasteiger partial charge in [0.15, 0.2) is 5.65 Å². The first kappa shape index (κ1) is 25.9. The van der Waals surface area contributed by atoms with Gasteiger partial charge in [0.2, 0.25) is 0 Å². The molecule has 1 atom stereocenters. The lowest BCUT2D eigenvalue weighted by molar-refractivity contribution is 0.126. The van der Waals surface area contributed by atoms with Crippen molar-refractivity contribution in [1.82, 2.24) is 19.3 Å². The average molecular weight is 515 g/mol. The minimum Gasteiger partial charge on any atom is -0.464 e. The summed E-state index contributed by atoms with van der Waals surface area (Å²) in [4.78, 5) is 12.1. The first-order chi connectivity index (χ1) is 19.3. The molecular formula is C32H30N6O. The third kappa shape index (κ3) is 6.23. The fourth-order valence-electron chi connectivity index (χ4n) is 4.99. The number of nitrogens with zero attached hydrogens (tertiary/aromatic N) is 6. The zero-order chi connectivity index (χ0) is 26.9. The van der Waals surface area contributed by atoms with Crippen LogP contribution in [0.4, 0.5) is 0 Å². The number of hydrogen-bond acceptors (Lipinski definition) is 6. The average Bonchev–Trinajstić information content (AvgIpc) is 3.48. The normalized spacial score (nSPS) is 15.2. The number of piperidine rings is 1. The summed E-state index contributed by atoms with van der Waals surface area (Å²) in [5.74, 6) is 0.366. The van der Waals surface area contributed by atoms with E-state index in [1.54, 1.807) is 18.3 Å². The molecule has 1 fully saturated rings. The van der Waals surface area contributed by atoms with Gasteiger partial charge in [-0.25, -0.2) is 4.98 Å². The van der Waals surface area contributed by atoms with E-state index < -0.39 is 0 Å². The van der Waals surface area contributed by atoms with Gasteiger partial charge in [-0.2, -0.15) is 15.5 Å². The molecule has 194 valence electrons. The van der Waals surface area contributed by atoms with E-state index in [9.17, 15) is 5.26 Å². The maximum absolute atomic E-state index is 9.33. The number of fused-ring (bicyclic) bond motifs is 1. The Hall–Kier alpha value is -4.72. The quantitative estimate of drug-likeness (QED) is 0.298. The van der Waals surface area contributed by atoms with Gasteiger partial charge < -0.3 is 9.64 Å². The van der Waals surface area contributed by atoms with Crippen molar-refractivity contribution in [1.29, 1.82) is 10.5 Å². The third-order valence-corrected chi connectivity index (χ3v) is 6.90. The number of aromatic nitrogens is 3. The van der Waals surface area contributed by atoms with Crippen LogP contribution >= 0.6 is 0 Å². The van der Waals surface area contributed by atoms with E-state index in [0.717, 1.165) is 60.5 Å². The number of hydrogen-bond donors (Lipinski definition) is 0. The Labute approximate surface area is 228 Å². The monoisotopic (exact) mass is 514 g/mol. The van der Waals surface area contributed by atoms with Gasteiger partial charge in [-0.3, -0.25) is 4.40 Å². The van der Waals surface area contributed by atoms with Crippen molar-refractivity contribution in [3.8, 4) is 40.5 Å². The molecule has 0 bridgehead atoms. The first-order valence-electron chi connectivity index (χ1n) is 13.3. The van der Waals surface area contributed by atoms with Gasteiger partial charge in [0, 0.05) is 43.4 Å². The Kier molecular flexibility index (Phi) is 8.43. The van der Waals surface area contributed by atoms with Gasteiger partial charge in [-0.15, -0.1) is 0 Å². The second-order valence-corrected chi connectivity index (χ2v) is 9.59. The van der Waals surface area contributed by atoms with Crippen LogP contribution in [0.15, 0.2) is 91.3 Å². The van der Waals surface area contributed by atoms with Crippen LogP contribution in [0.1, 0.15) is 24.8 Å². The summed E-state index contributed by atoms with van der Waals surface area (Å²) in [6.45, 7) is 3.29. The highest BCUT2D eigenvalue weighted by molar-refractivity contribution is 5.90. The number of rotatable bonds is 7. The van der Waals surface area contributed by atoms with Crippen LogP contribution in [-0.2, 0) is 0 Å². The number of likely N-dealkylation sites (tertiary alicyclic amines) is 1. The van der Waals surface area contributed by atoms with Gasteiger partial charge in [0.05, 0.1) is 35.6 Å². The number of benzene rings is 1. The van der Waals surface area contributed by atoms with Crippen molar-refractivity contribution < 1.29 is 4.74 Å². The molecule has 3 heterocycles. The van der Waals surface area contributed by atoms with Crippen molar-refractivity contribution >= 4 is 5.65 Å². The van der Waals surface area contributed by atoms with Gasteiger partial charge in [-0.05, 0) is 37.1 Å². The molecule has 1 unspecified atom stereocenters. The molecule has 0 aliphatic carbocycles. The van der Waals surface area contributed by atoms with Crippen LogP contribution in [0.25, 0.3) is 28.0 Å². The number of nitriles is 2. The third-order valence-electron chi connectivity index (χ3n) is 6.90. The fraction of sp³-hybridized carbons (Fsp3) is 0.250. The Morgan fingerprint density at radius 1 is 0.923 bits per heavy atom. The lowest BCUT2D eigenvalue weighted by Gasteiger charge is -2.31. The van der Waals surface area contributed by atoms with Crippen LogP contribution in [0.3, 0.4) is 0 Å². The molecule has 2 aromatic heterocycles. The summed E-state index contributed by atoms with van der Waals surface area (Å²) in [5, 5.41) is 18.3. The predicted molar refractivity (Wildman–Crippen MR) is 151 cm³/mol. The van der Waals surface area contributed by atoms with Crippen molar-refractivity contribution in [2.45, 2.75) is 19.3 Å². The highest BCUT2D eigenvalue weighted by atomic mass is 16.5. The number of imidazole rings is 1. The molecule has 5 rings (SSSR count). The summed E-state index contributed by atoms with van der Waals surface area (Å²) in [5.41, 5.74) is 4.81. The van der Waals surface area contributed by atoms with Gasteiger partial charge >= 0.3 is 6.01 Å². The van der Waals surface area contributed by atoms with E-state index >= 15 is 0 Å². The molecule has 39 heavy (non-hydrogen) atoms. The minimum absolute atomic E-state index is 0.366. The van der Waals surface area contributed by atoms with Crippen LogP contribution < -0.4 is 4.74 Å². The maximum atomic E-state index is 9.33. The van der Waals surface area contributed by atoms with Crippen LogP contribution in [0.5, 0.6) is 6.01 Å². The highest BCUT2D eigenvalue weighted by Crippen LogP contribution is 2.35. The SMILES string of the molecule is N#CCCN1CCCC(COc2nc(-c3ccc(C#N)cc3)c(-c3ccccccccc3)c3nccn23)C1. The van der Waals surface area contributed by atoms with E-state index in [1.165, 1.54) is 0 Å². The van der Waals surface area contributed by atoms with E-state index in [2.05, 4.69) is 29.2 Å². The van der Waals surface area contributed by atoms with Gasteiger partial charge in [0.25, 0.3) is 0 Å². The van der Waals surface area contributed by atoms with E-state index in [-0.39, 0.29) is 0 Å². The molecular weight excluding hydrogens is 484 g/mol. The smallest absolute Gasteiger partial charge is 0.302 e. The molecule has 7 heteroatoms. The highest BCUT2D eigenvalue weighted by Gasteiger charge is 2.23. The molecule has 7 nitrogen and oxygen atoms in total. The van der Waals surface area contributed by atoms with Crippen molar-refractivity contribution in [2.24, 2.45) is 5.92 Å². The molecule has 2 aromatic carbocycles. The summed E-state index contributed by atoms with van der Waals surface area (Å²) in [6, 6.07) is 30.4. The van der Waals surface area contributed by atoms with Crippen LogP contribution in [0.2, 0.25) is 0 Å². The summed E-state index contributed by atoms with van der Waals surface area (Å²) < 4.78 is 8.31. The molecule has 0 spiro atoms. The second-order valence-electron chi connectivity index (χ2n) is 9.59. The van der Waals surface area contributed by atoms with E-state index in [4.69, 9.17) is 20.0 Å². The van der Waals surface area contributed by atoms with Gasteiger partial charge in [0.1, 0.15) is 0 Å². The summed E-state index contributed by atoms with van der Waals surface area (Å²) >= 11 is 0. The molecule has 0 saturated carbocycles. The molecule has 0 N–H and O–H groups in total. The second kappa shape index (κ2) is 12.7. The predicted octanol–water partition coefficient (Wildman–Crippen LogP) is 6.06. The molecule has 1 saturated heterocycles. The molecule has 1 aliphatic heterocycles. The minimum atomic E-state index is 0.366. The lowest BCUT2D eigenvalue weighted by Crippen LogP contribution is -2.38. The fourth-order valence-corrected chi connectivity index (χ4v) is 4.99. The maximum Gasteiger partial charge on any atom is 0.302 e. The molecule has 0 radical (unpaired) electrons. The Bertz CT molecular complexity index is 1540. The molecule has 1 aliphatic rings. The first-order valence-corrected chi connectivity index (χ1v) is 13.3.